The van der Waals surface area contributed by atoms with Crippen LogP contribution in [-0.4, -0.2) is 63.5 Å². The molecule has 6 nitrogen and oxygen atoms in total. The number of carbonyl (C=O) groups is 1. The number of hydrogen-bond donors (Lipinski definition) is 0. The number of carbonyl (C=O) groups excluding carboxylic acids is 1. The standard InChI is InChI=1S/C13H17N5O/c1-10-3-4-12-14-9-11(18(12)15-10)13(19)17-7-5-16(2)6-8-17/h3-4,9H,5-8H2,1-2H3. The summed E-state index contributed by atoms with van der Waals surface area (Å²) < 4.78 is 1.63. The van der Waals surface area contributed by atoms with Crippen LogP contribution in [0.25, 0.3) is 5.65 Å². The molecule has 0 radical (unpaired) electrons. The van der Waals surface area contributed by atoms with Gasteiger partial charge in [0, 0.05) is 26.2 Å². The zero-order valence-corrected chi connectivity index (χ0v) is 11.2. The maximum absolute atomic E-state index is 12.5. The summed E-state index contributed by atoms with van der Waals surface area (Å²) in [6, 6.07) is 3.77. The molecule has 0 saturated carbocycles. The maximum atomic E-state index is 12.5. The van der Waals surface area contributed by atoms with E-state index in [0.29, 0.717) is 11.3 Å². The Morgan fingerprint density at radius 1 is 1.21 bits per heavy atom. The highest BCUT2D eigenvalue weighted by Gasteiger charge is 2.23. The van der Waals surface area contributed by atoms with E-state index in [9.17, 15) is 4.79 Å². The van der Waals surface area contributed by atoms with Crippen molar-refractivity contribution in [2.24, 2.45) is 0 Å². The molecule has 19 heavy (non-hydrogen) atoms. The summed E-state index contributed by atoms with van der Waals surface area (Å²) in [5, 5.41) is 4.36. The van der Waals surface area contributed by atoms with Gasteiger partial charge in [-0.05, 0) is 26.1 Å². The van der Waals surface area contributed by atoms with Crippen LogP contribution in [0, 0.1) is 6.92 Å². The largest absolute Gasteiger partial charge is 0.335 e. The van der Waals surface area contributed by atoms with Crippen molar-refractivity contribution in [3.8, 4) is 0 Å². The molecular formula is C13H17N5O. The van der Waals surface area contributed by atoms with Crippen molar-refractivity contribution in [3.63, 3.8) is 0 Å². The second-order valence-corrected chi connectivity index (χ2v) is 4.98. The molecule has 6 heteroatoms. The van der Waals surface area contributed by atoms with Crippen molar-refractivity contribution in [1.29, 1.82) is 0 Å². The second-order valence-electron chi connectivity index (χ2n) is 4.98. The fraction of sp³-hybridized carbons (Fsp3) is 0.462. The van der Waals surface area contributed by atoms with E-state index in [4.69, 9.17) is 0 Å². The molecule has 0 aromatic carbocycles. The van der Waals surface area contributed by atoms with Crippen molar-refractivity contribution < 1.29 is 4.79 Å². The number of fused-ring (bicyclic) bond motifs is 1. The first-order chi connectivity index (χ1) is 9.15. The Labute approximate surface area is 111 Å². The number of aryl methyl sites for hydroxylation is 1. The Balaban J connectivity index is 1.91. The molecule has 1 aliphatic heterocycles. The molecule has 1 saturated heterocycles. The number of aromatic nitrogens is 3. The molecule has 3 heterocycles. The molecule has 0 spiro atoms. The van der Waals surface area contributed by atoms with Crippen LogP contribution < -0.4 is 0 Å². The first kappa shape index (κ1) is 12.1. The fourth-order valence-corrected chi connectivity index (χ4v) is 2.28. The second kappa shape index (κ2) is 4.62. The van der Waals surface area contributed by atoms with Crippen molar-refractivity contribution in [2.45, 2.75) is 6.92 Å². The Kier molecular flexibility index (Phi) is 2.94. The quantitative estimate of drug-likeness (QED) is 0.745. The van der Waals surface area contributed by atoms with Crippen LogP contribution in [0.2, 0.25) is 0 Å². The third-order valence-electron chi connectivity index (χ3n) is 3.51. The van der Waals surface area contributed by atoms with Gasteiger partial charge in [-0.2, -0.15) is 5.10 Å². The molecule has 1 amide bonds. The van der Waals surface area contributed by atoms with E-state index in [1.54, 1.807) is 10.7 Å². The van der Waals surface area contributed by atoms with Crippen LogP contribution in [0.4, 0.5) is 0 Å². The smallest absolute Gasteiger partial charge is 0.274 e. The molecule has 0 bridgehead atoms. The minimum Gasteiger partial charge on any atom is -0.335 e. The zero-order chi connectivity index (χ0) is 13.4. The molecule has 3 rings (SSSR count). The molecule has 0 atom stereocenters. The summed E-state index contributed by atoms with van der Waals surface area (Å²) in [4.78, 5) is 20.8. The summed E-state index contributed by atoms with van der Waals surface area (Å²) in [7, 11) is 2.07. The first-order valence-electron chi connectivity index (χ1n) is 6.44. The van der Waals surface area contributed by atoms with Crippen LogP contribution in [0.15, 0.2) is 18.3 Å². The fourth-order valence-electron chi connectivity index (χ4n) is 2.28. The van der Waals surface area contributed by atoms with E-state index < -0.39 is 0 Å². The van der Waals surface area contributed by atoms with Gasteiger partial charge in [-0.15, -0.1) is 0 Å². The van der Waals surface area contributed by atoms with Gasteiger partial charge in [-0.3, -0.25) is 4.79 Å². The van der Waals surface area contributed by atoms with Crippen molar-refractivity contribution >= 4 is 11.6 Å². The minimum absolute atomic E-state index is 0.0127. The monoisotopic (exact) mass is 259 g/mol. The number of amides is 1. The average molecular weight is 259 g/mol. The van der Waals surface area contributed by atoms with E-state index in [1.165, 1.54) is 0 Å². The van der Waals surface area contributed by atoms with Crippen molar-refractivity contribution in [1.82, 2.24) is 24.4 Å². The third kappa shape index (κ3) is 2.19. The van der Waals surface area contributed by atoms with Crippen LogP contribution >= 0.6 is 0 Å². The number of likely N-dealkylation sites (N-methyl/N-ethyl adjacent to an activating group) is 1. The van der Waals surface area contributed by atoms with Gasteiger partial charge in [0.2, 0.25) is 0 Å². The molecule has 2 aromatic rings. The molecule has 2 aromatic heterocycles. The van der Waals surface area contributed by atoms with E-state index >= 15 is 0 Å². The van der Waals surface area contributed by atoms with Crippen LogP contribution in [-0.2, 0) is 0 Å². The number of nitrogens with zero attached hydrogens (tertiary/aromatic N) is 5. The predicted molar refractivity (Wildman–Crippen MR) is 71.1 cm³/mol. The van der Waals surface area contributed by atoms with Gasteiger partial charge in [0.05, 0.1) is 11.9 Å². The average Bonchev–Trinajstić information content (AvgIpc) is 2.81. The Hall–Kier alpha value is -1.95. The van der Waals surface area contributed by atoms with Gasteiger partial charge in [0.1, 0.15) is 0 Å². The Morgan fingerprint density at radius 2 is 1.95 bits per heavy atom. The molecule has 0 aliphatic carbocycles. The molecule has 1 fully saturated rings. The summed E-state index contributed by atoms with van der Waals surface area (Å²) in [5.41, 5.74) is 2.13. The lowest BCUT2D eigenvalue weighted by Crippen LogP contribution is -2.47. The van der Waals surface area contributed by atoms with Gasteiger partial charge in [-0.25, -0.2) is 9.50 Å². The van der Waals surface area contributed by atoms with Crippen molar-refractivity contribution in [3.05, 3.63) is 29.7 Å². The highest BCUT2D eigenvalue weighted by Crippen LogP contribution is 2.10. The van der Waals surface area contributed by atoms with Crippen LogP contribution in [0.5, 0.6) is 0 Å². The lowest BCUT2D eigenvalue weighted by molar-refractivity contribution is 0.0656. The lowest BCUT2D eigenvalue weighted by Gasteiger charge is -2.32. The topological polar surface area (TPSA) is 53.7 Å². The highest BCUT2D eigenvalue weighted by atomic mass is 16.2. The Morgan fingerprint density at radius 3 is 2.68 bits per heavy atom. The van der Waals surface area contributed by atoms with Gasteiger partial charge >= 0.3 is 0 Å². The number of piperazine rings is 1. The summed E-state index contributed by atoms with van der Waals surface area (Å²) in [6.07, 6.45) is 1.61. The lowest BCUT2D eigenvalue weighted by atomic mass is 10.3. The van der Waals surface area contributed by atoms with E-state index in [0.717, 1.165) is 31.9 Å². The summed E-state index contributed by atoms with van der Waals surface area (Å²) in [6.45, 7) is 5.25. The minimum atomic E-state index is 0.0127. The summed E-state index contributed by atoms with van der Waals surface area (Å²) in [5.74, 6) is 0.0127. The van der Waals surface area contributed by atoms with E-state index in [1.807, 2.05) is 24.0 Å². The Bertz CT molecular complexity index is 613. The van der Waals surface area contributed by atoms with Gasteiger partial charge in [0.15, 0.2) is 11.3 Å². The van der Waals surface area contributed by atoms with Gasteiger partial charge < -0.3 is 9.80 Å². The van der Waals surface area contributed by atoms with Crippen molar-refractivity contribution in [2.75, 3.05) is 33.2 Å². The summed E-state index contributed by atoms with van der Waals surface area (Å²) >= 11 is 0. The number of rotatable bonds is 1. The highest BCUT2D eigenvalue weighted by molar-refractivity contribution is 5.93. The van der Waals surface area contributed by atoms with E-state index in [-0.39, 0.29) is 5.91 Å². The maximum Gasteiger partial charge on any atom is 0.274 e. The van der Waals surface area contributed by atoms with Crippen LogP contribution in [0.1, 0.15) is 16.2 Å². The number of imidazole rings is 1. The molecule has 1 aliphatic rings. The normalized spacial score (nSPS) is 17.1. The molecule has 0 unspecified atom stereocenters. The molecule has 100 valence electrons. The van der Waals surface area contributed by atoms with Gasteiger partial charge in [0.25, 0.3) is 5.91 Å². The first-order valence-corrected chi connectivity index (χ1v) is 6.44. The van der Waals surface area contributed by atoms with E-state index in [2.05, 4.69) is 22.0 Å². The van der Waals surface area contributed by atoms with Gasteiger partial charge in [-0.1, -0.05) is 0 Å². The molecule has 0 N–H and O–H groups in total. The molecular weight excluding hydrogens is 242 g/mol. The predicted octanol–water partition coefficient (Wildman–Crippen LogP) is 0.425. The third-order valence-corrected chi connectivity index (χ3v) is 3.51. The SMILES string of the molecule is Cc1ccc2ncc(C(=O)N3CCN(C)CC3)n2n1. The zero-order valence-electron chi connectivity index (χ0n) is 11.2. The van der Waals surface area contributed by atoms with Crippen LogP contribution in [0.3, 0.4) is 0 Å². The number of hydrogen-bond acceptors (Lipinski definition) is 4.